The van der Waals surface area contributed by atoms with Crippen molar-refractivity contribution in [1.82, 2.24) is 0 Å². The minimum atomic E-state index is 0.942. The molecular formula is C28H20O. The molecule has 138 valence electrons. The highest BCUT2D eigenvalue weighted by Crippen LogP contribution is 2.41. The standard InChI is InChI=1S/C28H20O/c1-2-18-11-13-19(14-12-18)20-15-16-22-21-7-3-4-8-23(21)27-24-9-5-6-10-26(24)29-28(27)25(22)17-20/h3-17H,2H2,1H3. The molecule has 1 nitrogen and oxygen atoms in total. The van der Waals surface area contributed by atoms with Gasteiger partial charge in [-0.25, -0.2) is 0 Å². The van der Waals surface area contributed by atoms with Crippen LogP contribution in [0.2, 0.25) is 0 Å². The lowest BCUT2D eigenvalue weighted by Gasteiger charge is -2.09. The number of fused-ring (bicyclic) bond motifs is 8. The summed E-state index contributed by atoms with van der Waals surface area (Å²) >= 11 is 0. The van der Waals surface area contributed by atoms with Crippen molar-refractivity contribution in [1.29, 1.82) is 0 Å². The van der Waals surface area contributed by atoms with Gasteiger partial charge in [-0.2, -0.15) is 0 Å². The third-order valence-corrected chi connectivity index (χ3v) is 6.04. The summed E-state index contributed by atoms with van der Waals surface area (Å²) in [5, 5.41) is 7.32. The molecule has 0 N–H and O–H groups in total. The maximum Gasteiger partial charge on any atom is 0.143 e. The first-order valence-electron chi connectivity index (χ1n) is 10.2. The molecule has 0 spiro atoms. The predicted octanol–water partition coefficient (Wildman–Crippen LogP) is 8.12. The molecule has 0 saturated carbocycles. The van der Waals surface area contributed by atoms with E-state index >= 15 is 0 Å². The molecule has 0 aliphatic carbocycles. The van der Waals surface area contributed by atoms with E-state index < -0.39 is 0 Å². The second-order valence-electron chi connectivity index (χ2n) is 7.66. The fourth-order valence-corrected chi connectivity index (χ4v) is 4.52. The van der Waals surface area contributed by atoms with E-state index in [-0.39, 0.29) is 0 Å². The monoisotopic (exact) mass is 372 g/mol. The van der Waals surface area contributed by atoms with Gasteiger partial charge < -0.3 is 4.42 Å². The first kappa shape index (κ1) is 16.4. The fraction of sp³-hybridized carbons (Fsp3) is 0.0714. The first-order chi connectivity index (χ1) is 14.3. The molecule has 0 amide bonds. The van der Waals surface area contributed by atoms with Crippen LogP contribution in [-0.4, -0.2) is 0 Å². The number of hydrogen-bond acceptors (Lipinski definition) is 1. The van der Waals surface area contributed by atoms with Crippen molar-refractivity contribution in [2.24, 2.45) is 0 Å². The Balaban J connectivity index is 1.75. The van der Waals surface area contributed by atoms with Crippen LogP contribution >= 0.6 is 0 Å². The van der Waals surface area contributed by atoms with Crippen LogP contribution in [0, 0.1) is 0 Å². The third-order valence-electron chi connectivity index (χ3n) is 6.04. The van der Waals surface area contributed by atoms with Crippen LogP contribution < -0.4 is 0 Å². The molecule has 0 radical (unpaired) electrons. The zero-order valence-electron chi connectivity index (χ0n) is 16.3. The smallest absolute Gasteiger partial charge is 0.143 e. The van der Waals surface area contributed by atoms with Crippen LogP contribution in [0.5, 0.6) is 0 Å². The van der Waals surface area contributed by atoms with Crippen molar-refractivity contribution in [3.8, 4) is 11.1 Å². The fourth-order valence-electron chi connectivity index (χ4n) is 4.52. The molecule has 0 aliphatic heterocycles. The molecule has 0 fully saturated rings. The molecule has 1 heteroatoms. The lowest BCUT2D eigenvalue weighted by molar-refractivity contribution is 0.673. The predicted molar refractivity (Wildman–Crippen MR) is 124 cm³/mol. The second-order valence-corrected chi connectivity index (χ2v) is 7.66. The van der Waals surface area contributed by atoms with Crippen LogP contribution in [0.1, 0.15) is 12.5 Å². The number of aryl methyl sites for hydroxylation is 1. The largest absolute Gasteiger partial charge is 0.455 e. The average molecular weight is 372 g/mol. The number of furan rings is 1. The van der Waals surface area contributed by atoms with Crippen molar-refractivity contribution in [3.63, 3.8) is 0 Å². The lowest BCUT2D eigenvalue weighted by Crippen LogP contribution is -1.84. The van der Waals surface area contributed by atoms with E-state index in [0.717, 1.165) is 17.6 Å². The lowest BCUT2D eigenvalue weighted by atomic mass is 9.94. The maximum atomic E-state index is 6.40. The molecule has 0 unspecified atom stereocenters. The minimum Gasteiger partial charge on any atom is -0.455 e. The van der Waals surface area contributed by atoms with E-state index in [1.54, 1.807) is 0 Å². The zero-order chi connectivity index (χ0) is 19.4. The maximum absolute atomic E-state index is 6.40. The highest BCUT2D eigenvalue weighted by molar-refractivity contribution is 6.30. The zero-order valence-corrected chi connectivity index (χ0v) is 16.3. The number of benzene rings is 5. The second kappa shape index (κ2) is 6.22. The van der Waals surface area contributed by atoms with Crippen LogP contribution in [0.15, 0.2) is 95.4 Å². The summed E-state index contributed by atoms with van der Waals surface area (Å²) in [4.78, 5) is 0. The molecule has 6 rings (SSSR count). The molecule has 5 aromatic carbocycles. The van der Waals surface area contributed by atoms with Crippen molar-refractivity contribution in [2.75, 3.05) is 0 Å². The normalized spacial score (nSPS) is 11.8. The summed E-state index contributed by atoms with van der Waals surface area (Å²) < 4.78 is 6.40. The summed E-state index contributed by atoms with van der Waals surface area (Å²) in [5.74, 6) is 0. The Bertz CT molecular complexity index is 1520. The van der Waals surface area contributed by atoms with Gasteiger partial charge in [0, 0.05) is 16.2 Å². The molecule has 0 bridgehead atoms. The molecule has 1 aromatic heterocycles. The average Bonchev–Trinajstić information content (AvgIpc) is 3.19. The summed E-state index contributed by atoms with van der Waals surface area (Å²) in [5.41, 5.74) is 5.74. The number of hydrogen-bond donors (Lipinski definition) is 0. The van der Waals surface area contributed by atoms with E-state index in [1.807, 2.05) is 6.07 Å². The molecule has 29 heavy (non-hydrogen) atoms. The van der Waals surface area contributed by atoms with E-state index in [0.29, 0.717) is 0 Å². The van der Waals surface area contributed by atoms with Crippen LogP contribution in [-0.2, 0) is 6.42 Å². The molecule has 6 aromatic rings. The van der Waals surface area contributed by atoms with Gasteiger partial charge in [0.1, 0.15) is 11.2 Å². The quantitative estimate of drug-likeness (QED) is 0.280. The van der Waals surface area contributed by atoms with Gasteiger partial charge in [-0.05, 0) is 51.4 Å². The van der Waals surface area contributed by atoms with Crippen LogP contribution in [0.25, 0.3) is 54.6 Å². The van der Waals surface area contributed by atoms with E-state index in [2.05, 4.69) is 91.9 Å². The Morgan fingerprint density at radius 3 is 2.03 bits per heavy atom. The van der Waals surface area contributed by atoms with Gasteiger partial charge in [0.15, 0.2) is 0 Å². The molecule has 0 saturated heterocycles. The summed E-state index contributed by atoms with van der Waals surface area (Å²) in [6.45, 7) is 2.19. The van der Waals surface area contributed by atoms with Gasteiger partial charge in [-0.1, -0.05) is 85.8 Å². The van der Waals surface area contributed by atoms with Gasteiger partial charge in [0.05, 0.1) is 0 Å². The molecule has 0 atom stereocenters. The Labute approximate surface area is 169 Å². The van der Waals surface area contributed by atoms with Crippen LogP contribution in [0.3, 0.4) is 0 Å². The van der Waals surface area contributed by atoms with Crippen molar-refractivity contribution in [3.05, 3.63) is 96.6 Å². The molecular weight excluding hydrogens is 352 g/mol. The van der Waals surface area contributed by atoms with Crippen LogP contribution in [0.4, 0.5) is 0 Å². The summed E-state index contributed by atoms with van der Waals surface area (Å²) in [6, 6.07) is 32.6. The van der Waals surface area contributed by atoms with Gasteiger partial charge in [0.2, 0.25) is 0 Å². The highest BCUT2D eigenvalue weighted by Gasteiger charge is 2.15. The van der Waals surface area contributed by atoms with Crippen molar-refractivity contribution < 1.29 is 4.42 Å². The first-order valence-corrected chi connectivity index (χ1v) is 10.2. The Morgan fingerprint density at radius 1 is 0.586 bits per heavy atom. The Kier molecular flexibility index (Phi) is 3.51. The summed E-state index contributed by atoms with van der Waals surface area (Å²) in [6.07, 6.45) is 1.06. The van der Waals surface area contributed by atoms with Crippen molar-refractivity contribution >= 4 is 43.5 Å². The summed E-state index contributed by atoms with van der Waals surface area (Å²) in [7, 11) is 0. The highest BCUT2D eigenvalue weighted by atomic mass is 16.3. The van der Waals surface area contributed by atoms with Crippen molar-refractivity contribution in [2.45, 2.75) is 13.3 Å². The minimum absolute atomic E-state index is 0.942. The van der Waals surface area contributed by atoms with E-state index in [4.69, 9.17) is 4.42 Å². The van der Waals surface area contributed by atoms with Gasteiger partial charge in [-0.15, -0.1) is 0 Å². The van der Waals surface area contributed by atoms with Gasteiger partial charge in [0.25, 0.3) is 0 Å². The van der Waals surface area contributed by atoms with Gasteiger partial charge >= 0.3 is 0 Å². The Morgan fingerprint density at radius 2 is 1.24 bits per heavy atom. The number of rotatable bonds is 2. The SMILES string of the molecule is CCc1ccc(-c2ccc3c4ccccc4c4c5ccccc5oc4c3c2)cc1. The third kappa shape index (κ3) is 2.41. The Hall–Kier alpha value is -3.58. The molecule has 0 aliphatic rings. The van der Waals surface area contributed by atoms with E-state index in [1.165, 1.54) is 49.0 Å². The van der Waals surface area contributed by atoms with E-state index in [9.17, 15) is 0 Å². The topological polar surface area (TPSA) is 13.1 Å². The molecule has 1 heterocycles. The number of para-hydroxylation sites is 1. The van der Waals surface area contributed by atoms with Gasteiger partial charge in [-0.3, -0.25) is 0 Å².